The monoisotopic (exact) mass is 306 g/mol. The van der Waals surface area contributed by atoms with Crippen LogP contribution in [0.3, 0.4) is 0 Å². The molecule has 2 aliphatic carbocycles. The van der Waals surface area contributed by atoms with E-state index < -0.39 is 0 Å². The van der Waals surface area contributed by atoms with Crippen molar-refractivity contribution in [1.82, 2.24) is 0 Å². The van der Waals surface area contributed by atoms with Crippen LogP contribution in [-0.4, -0.2) is 5.78 Å². The van der Waals surface area contributed by atoms with Crippen molar-refractivity contribution in [3.8, 4) is 0 Å². The summed E-state index contributed by atoms with van der Waals surface area (Å²) in [6.07, 6.45) is 5.80. The van der Waals surface area contributed by atoms with Gasteiger partial charge in [-0.1, -0.05) is 55.7 Å². The number of Topliss-reactive ketones (excluding diaryl/α,β-unsaturated/α-hetero) is 1. The first-order valence-electron chi connectivity index (χ1n) is 8.40. The number of ketones is 1. The van der Waals surface area contributed by atoms with Crippen molar-refractivity contribution in [3.05, 3.63) is 76.6 Å². The summed E-state index contributed by atoms with van der Waals surface area (Å²) in [4.78, 5) is 13.0. The van der Waals surface area contributed by atoms with E-state index in [-0.39, 0.29) is 11.6 Å². The molecule has 0 saturated heterocycles. The number of hydrogen-bond acceptors (Lipinski definition) is 1. The number of carbonyl (C=O) groups is 1. The van der Waals surface area contributed by atoms with Crippen LogP contribution in [0.15, 0.2) is 54.1 Å². The second-order valence-corrected chi connectivity index (χ2v) is 6.51. The second-order valence-electron chi connectivity index (χ2n) is 6.51. The summed E-state index contributed by atoms with van der Waals surface area (Å²) in [5, 5.41) is 0. The molecule has 23 heavy (non-hydrogen) atoms. The van der Waals surface area contributed by atoms with E-state index in [1.807, 2.05) is 24.3 Å². The first-order chi connectivity index (χ1) is 11.3. The molecule has 0 aliphatic heterocycles. The van der Waals surface area contributed by atoms with Crippen molar-refractivity contribution in [2.45, 2.75) is 32.1 Å². The van der Waals surface area contributed by atoms with Gasteiger partial charge >= 0.3 is 0 Å². The SMILES string of the molecule is O=C1C(C2CCCCC2)=C(c2ccc(F)cc2)c2ccccc21. The molecule has 0 N–H and O–H groups in total. The zero-order valence-corrected chi connectivity index (χ0v) is 13.0. The first kappa shape index (κ1) is 14.4. The van der Waals surface area contributed by atoms with Crippen LogP contribution < -0.4 is 0 Å². The molecule has 1 nitrogen and oxygen atoms in total. The van der Waals surface area contributed by atoms with Gasteiger partial charge in [-0.3, -0.25) is 4.79 Å². The average molecular weight is 306 g/mol. The second kappa shape index (κ2) is 5.77. The van der Waals surface area contributed by atoms with Crippen LogP contribution >= 0.6 is 0 Å². The molecule has 2 aromatic rings. The van der Waals surface area contributed by atoms with Gasteiger partial charge in [0.05, 0.1) is 0 Å². The summed E-state index contributed by atoms with van der Waals surface area (Å²) in [5.41, 5.74) is 4.73. The predicted molar refractivity (Wildman–Crippen MR) is 89.8 cm³/mol. The summed E-state index contributed by atoms with van der Waals surface area (Å²) < 4.78 is 13.3. The van der Waals surface area contributed by atoms with E-state index in [0.29, 0.717) is 5.92 Å². The molecule has 1 fully saturated rings. The number of hydrogen-bond donors (Lipinski definition) is 0. The quantitative estimate of drug-likeness (QED) is 0.725. The minimum absolute atomic E-state index is 0.173. The van der Waals surface area contributed by atoms with E-state index >= 15 is 0 Å². The molecular formula is C21H19FO. The molecule has 1 saturated carbocycles. The Balaban J connectivity index is 1.90. The van der Waals surface area contributed by atoms with Gasteiger partial charge < -0.3 is 0 Å². The maximum Gasteiger partial charge on any atom is 0.190 e. The molecule has 0 radical (unpaired) electrons. The highest BCUT2D eigenvalue weighted by molar-refractivity contribution is 6.23. The maximum absolute atomic E-state index is 13.3. The fourth-order valence-electron chi connectivity index (χ4n) is 4.01. The number of carbonyl (C=O) groups excluding carboxylic acids is 1. The average Bonchev–Trinajstić information content (AvgIpc) is 2.90. The van der Waals surface area contributed by atoms with Gasteiger partial charge in [0.1, 0.15) is 5.82 Å². The zero-order chi connectivity index (χ0) is 15.8. The summed E-state index contributed by atoms with van der Waals surface area (Å²) in [6.45, 7) is 0. The third-order valence-electron chi connectivity index (χ3n) is 5.10. The van der Waals surface area contributed by atoms with Gasteiger partial charge in [-0.25, -0.2) is 4.39 Å². The van der Waals surface area contributed by atoms with Gasteiger partial charge in [-0.05, 0) is 47.6 Å². The van der Waals surface area contributed by atoms with E-state index in [1.54, 1.807) is 12.1 Å². The maximum atomic E-state index is 13.3. The van der Waals surface area contributed by atoms with Crippen molar-refractivity contribution in [1.29, 1.82) is 0 Å². The Morgan fingerprint density at radius 1 is 0.826 bits per heavy atom. The standard InChI is InChI=1S/C21H19FO/c22-16-12-10-15(11-13-16)19-17-8-4-5-9-18(17)21(23)20(19)14-6-2-1-3-7-14/h4-5,8-14H,1-3,6-7H2. The van der Waals surface area contributed by atoms with Crippen LogP contribution in [-0.2, 0) is 0 Å². The van der Waals surface area contributed by atoms with Crippen molar-refractivity contribution in [2.75, 3.05) is 0 Å². The molecule has 2 aliphatic rings. The van der Waals surface area contributed by atoms with Crippen molar-refractivity contribution < 1.29 is 9.18 Å². The van der Waals surface area contributed by atoms with Crippen molar-refractivity contribution >= 4 is 11.4 Å². The first-order valence-corrected chi connectivity index (χ1v) is 8.40. The van der Waals surface area contributed by atoms with Crippen molar-refractivity contribution in [3.63, 3.8) is 0 Å². The molecule has 0 bridgehead atoms. The molecule has 0 amide bonds. The number of halogens is 1. The van der Waals surface area contributed by atoms with Crippen LogP contribution in [0, 0.1) is 11.7 Å². The smallest absolute Gasteiger partial charge is 0.190 e. The Hall–Kier alpha value is -2.22. The van der Waals surface area contributed by atoms with E-state index in [4.69, 9.17) is 0 Å². The van der Waals surface area contributed by atoms with E-state index in [1.165, 1.54) is 31.4 Å². The van der Waals surface area contributed by atoms with Crippen LogP contribution in [0.2, 0.25) is 0 Å². The molecule has 0 spiro atoms. The van der Waals surface area contributed by atoms with Crippen molar-refractivity contribution in [2.24, 2.45) is 5.92 Å². The highest BCUT2D eigenvalue weighted by Gasteiger charge is 2.34. The number of rotatable bonds is 2. The fourth-order valence-corrected chi connectivity index (χ4v) is 4.01. The highest BCUT2D eigenvalue weighted by Crippen LogP contribution is 2.44. The van der Waals surface area contributed by atoms with Gasteiger partial charge in [-0.15, -0.1) is 0 Å². The lowest BCUT2D eigenvalue weighted by Crippen LogP contribution is -2.14. The molecule has 116 valence electrons. The molecule has 0 aromatic heterocycles. The molecule has 0 unspecified atom stereocenters. The van der Waals surface area contributed by atoms with E-state index in [9.17, 15) is 9.18 Å². The Labute approximate surface area is 135 Å². The summed E-state index contributed by atoms with van der Waals surface area (Å²) >= 11 is 0. The molecule has 0 atom stereocenters. The fraction of sp³-hybridized carbons (Fsp3) is 0.286. The van der Waals surface area contributed by atoms with Crippen LogP contribution in [0.5, 0.6) is 0 Å². The Bertz CT molecular complexity index is 780. The Kier molecular flexibility index (Phi) is 3.60. The lowest BCUT2D eigenvalue weighted by atomic mass is 9.80. The summed E-state index contributed by atoms with van der Waals surface area (Å²) in [6, 6.07) is 14.4. The molecule has 2 heteroatoms. The molecule has 0 heterocycles. The third kappa shape index (κ3) is 2.42. The van der Waals surface area contributed by atoms with Crippen LogP contribution in [0.25, 0.3) is 5.57 Å². The van der Waals surface area contributed by atoms with Gasteiger partial charge in [0, 0.05) is 11.1 Å². The van der Waals surface area contributed by atoms with Gasteiger partial charge in [0.25, 0.3) is 0 Å². The zero-order valence-electron chi connectivity index (χ0n) is 13.0. The van der Waals surface area contributed by atoms with E-state index in [2.05, 4.69) is 0 Å². The minimum Gasteiger partial charge on any atom is -0.289 e. The highest BCUT2D eigenvalue weighted by atomic mass is 19.1. The Morgan fingerprint density at radius 3 is 2.17 bits per heavy atom. The predicted octanol–water partition coefficient (Wildman–Crippen LogP) is 5.40. The van der Waals surface area contributed by atoms with Gasteiger partial charge in [0.2, 0.25) is 0 Å². The minimum atomic E-state index is -0.244. The lowest BCUT2D eigenvalue weighted by molar-refractivity contribution is 0.102. The van der Waals surface area contributed by atoms with Gasteiger partial charge in [-0.2, -0.15) is 0 Å². The van der Waals surface area contributed by atoms with Crippen LogP contribution in [0.4, 0.5) is 4.39 Å². The Morgan fingerprint density at radius 2 is 1.48 bits per heavy atom. The molecule has 2 aromatic carbocycles. The molecule has 4 rings (SSSR count). The van der Waals surface area contributed by atoms with Gasteiger partial charge in [0.15, 0.2) is 5.78 Å². The van der Waals surface area contributed by atoms with E-state index in [0.717, 1.165) is 40.7 Å². The lowest BCUT2D eigenvalue weighted by Gasteiger charge is -2.23. The molecular weight excluding hydrogens is 287 g/mol. The van der Waals surface area contributed by atoms with Crippen LogP contribution in [0.1, 0.15) is 53.6 Å². The third-order valence-corrected chi connectivity index (χ3v) is 5.10. The number of fused-ring (bicyclic) bond motifs is 1. The largest absolute Gasteiger partial charge is 0.289 e. The number of benzene rings is 2. The normalized spacial score (nSPS) is 18.4. The summed E-state index contributed by atoms with van der Waals surface area (Å²) in [5.74, 6) is 0.265. The topological polar surface area (TPSA) is 17.1 Å². The summed E-state index contributed by atoms with van der Waals surface area (Å²) in [7, 11) is 0. The number of allylic oxidation sites excluding steroid dienone is 1.